The molecule has 0 aliphatic rings. The molecule has 0 spiro atoms. The van der Waals surface area contributed by atoms with E-state index in [4.69, 9.17) is 15.2 Å². The Labute approximate surface area is 238 Å². The van der Waals surface area contributed by atoms with E-state index in [1.807, 2.05) is 42.5 Å². The Bertz CT molecular complexity index is 1520. The number of ether oxygens (including phenoxy) is 2. The zero-order chi connectivity index (χ0) is 29.4. The minimum absolute atomic E-state index is 0.0378. The van der Waals surface area contributed by atoms with E-state index in [2.05, 4.69) is 10.3 Å². The standard InChI is InChI=1S/C31H34N4O6/c1-20-16-29(38)35(2)31(34-20)22-8-11-24(12-9-22)40-19-23(36)10-15-28(33-18-21-6-4-3-5-7-21)41-25-13-14-27(37)26(17-25)30(32)39/h3-9,11-14,16-17,23,28,33,36-37H,10,15,18-19H2,1-2H3,(H2,32,39). The van der Waals surface area contributed by atoms with Gasteiger partial charge in [0.15, 0.2) is 6.23 Å². The average molecular weight is 559 g/mol. The Hall–Kier alpha value is -4.67. The van der Waals surface area contributed by atoms with Crippen LogP contribution in [0, 0.1) is 6.92 Å². The first-order valence-corrected chi connectivity index (χ1v) is 13.2. The molecular weight excluding hydrogens is 524 g/mol. The van der Waals surface area contributed by atoms with Crippen molar-refractivity contribution in [1.29, 1.82) is 0 Å². The van der Waals surface area contributed by atoms with Crippen molar-refractivity contribution in [3.63, 3.8) is 0 Å². The van der Waals surface area contributed by atoms with Gasteiger partial charge >= 0.3 is 0 Å². The van der Waals surface area contributed by atoms with Gasteiger partial charge in [0, 0.05) is 37.3 Å². The number of amides is 1. The van der Waals surface area contributed by atoms with Crippen LogP contribution in [0.25, 0.3) is 11.4 Å². The molecule has 4 rings (SSSR count). The highest BCUT2D eigenvalue weighted by Gasteiger charge is 2.17. The summed E-state index contributed by atoms with van der Waals surface area (Å²) in [5.74, 6) is 0.504. The van der Waals surface area contributed by atoms with Crippen LogP contribution >= 0.6 is 0 Å². The number of nitrogens with zero attached hydrogens (tertiary/aromatic N) is 2. The van der Waals surface area contributed by atoms with Gasteiger partial charge in [0.2, 0.25) is 0 Å². The van der Waals surface area contributed by atoms with Crippen molar-refractivity contribution in [3.8, 4) is 28.6 Å². The summed E-state index contributed by atoms with van der Waals surface area (Å²) in [5.41, 5.74) is 7.66. The monoisotopic (exact) mass is 558 g/mol. The number of aromatic nitrogens is 2. The maximum absolute atomic E-state index is 12.1. The molecule has 0 fully saturated rings. The largest absolute Gasteiger partial charge is 0.507 e. The highest BCUT2D eigenvalue weighted by molar-refractivity contribution is 5.95. The van der Waals surface area contributed by atoms with Crippen molar-refractivity contribution in [3.05, 3.63) is 106 Å². The van der Waals surface area contributed by atoms with Crippen molar-refractivity contribution < 1.29 is 24.5 Å². The second-order valence-electron chi connectivity index (χ2n) is 9.70. The van der Waals surface area contributed by atoms with E-state index in [9.17, 15) is 19.8 Å². The number of benzene rings is 3. The highest BCUT2D eigenvalue weighted by Crippen LogP contribution is 2.24. The number of nitrogens with two attached hydrogens (primary N) is 1. The maximum Gasteiger partial charge on any atom is 0.253 e. The van der Waals surface area contributed by atoms with Crippen LogP contribution in [-0.2, 0) is 13.6 Å². The van der Waals surface area contributed by atoms with E-state index in [1.54, 1.807) is 32.2 Å². The van der Waals surface area contributed by atoms with E-state index < -0.39 is 18.2 Å². The SMILES string of the molecule is Cc1cc(=O)n(C)c(-c2ccc(OCC(O)CCC(NCc3ccccc3)Oc3ccc(O)c(C(N)=O)c3)cc2)n1. The number of aromatic hydroxyl groups is 1. The number of rotatable bonds is 13. The van der Waals surface area contributed by atoms with Crippen LogP contribution in [0.1, 0.15) is 34.5 Å². The van der Waals surface area contributed by atoms with Gasteiger partial charge in [-0.15, -0.1) is 0 Å². The molecule has 10 heteroatoms. The molecule has 0 radical (unpaired) electrons. The van der Waals surface area contributed by atoms with Crippen molar-refractivity contribution in [1.82, 2.24) is 14.9 Å². The van der Waals surface area contributed by atoms with Crippen molar-refractivity contribution >= 4 is 5.91 Å². The van der Waals surface area contributed by atoms with E-state index in [-0.39, 0.29) is 23.5 Å². The Kier molecular flexibility index (Phi) is 9.73. The molecule has 0 aliphatic carbocycles. The maximum atomic E-state index is 12.1. The summed E-state index contributed by atoms with van der Waals surface area (Å²) < 4.78 is 13.3. The predicted octanol–water partition coefficient (Wildman–Crippen LogP) is 3.28. The van der Waals surface area contributed by atoms with Crippen molar-refractivity contribution in [2.24, 2.45) is 12.8 Å². The molecule has 4 aromatic rings. The lowest BCUT2D eigenvalue weighted by Crippen LogP contribution is -2.35. The lowest BCUT2D eigenvalue weighted by molar-refractivity contribution is 0.0744. The fourth-order valence-corrected chi connectivity index (χ4v) is 4.21. The van der Waals surface area contributed by atoms with Crippen molar-refractivity contribution in [2.45, 2.75) is 38.6 Å². The number of aryl methyl sites for hydroxylation is 1. The van der Waals surface area contributed by atoms with Gasteiger partial charge in [-0.1, -0.05) is 30.3 Å². The molecule has 2 unspecified atom stereocenters. The first kappa shape index (κ1) is 29.3. The van der Waals surface area contributed by atoms with Gasteiger partial charge in [-0.3, -0.25) is 19.5 Å². The molecule has 1 heterocycles. The molecule has 0 saturated heterocycles. The van der Waals surface area contributed by atoms with E-state index in [1.165, 1.54) is 22.8 Å². The van der Waals surface area contributed by atoms with E-state index >= 15 is 0 Å². The smallest absolute Gasteiger partial charge is 0.253 e. The number of hydrogen-bond donors (Lipinski definition) is 4. The van der Waals surface area contributed by atoms with Gasteiger partial charge in [-0.25, -0.2) is 4.98 Å². The fraction of sp³-hybridized carbons (Fsp3) is 0.258. The van der Waals surface area contributed by atoms with Crippen LogP contribution in [-0.4, -0.2) is 44.6 Å². The lowest BCUT2D eigenvalue weighted by atomic mass is 10.1. The number of aliphatic hydroxyl groups excluding tert-OH is 1. The Morgan fingerprint density at radius 1 is 1.02 bits per heavy atom. The number of primary amides is 1. The molecule has 10 nitrogen and oxygen atoms in total. The first-order chi connectivity index (χ1) is 19.7. The van der Waals surface area contributed by atoms with Gasteiger partial charge in [0.05, 0.1) is 11.7 Å². The number of nitrogens with one attached hydrogen (secondary N) is 1. The molecule has 1 amide bonds. The third-order valence-corrected chi connectivity index (χ3v) is 6.47. The third-order valence-electron chi connectivity index (χ3n) is 6.47. The van der Waals surface area contributed by atoms with Crippen LogP contribution in [0.5, 0.6) is 17.2 Å². The minimum Gasteiger partial charge on any atom is -0.507 e. The van der Waals surface area contributed by atoms with E-state index in [0.717, 1.165) is 11.1 Å². The summed E-state index contributed by atoms with van der Waals surface area (Å²) in [7, 11) is 1.68. The number of carbonyl (C=O) groups excluding carboxylic acids is 1. The number of phenols is 1. The van der Waals surface area contributed by atoms with Crippen molar-refractivity contribution in [2.75, 3.05) is 6.61 Å². The van der Waals surface area contributed by atoms with Crippen LogP contribution in [0.4, 0.5) is 0 Å². The molecule has 214 valence electrons. The normalized spacial score (nSPS) is 12.5. The molecule has 1 aromatic heterocycles. The van der Waals surface area contributed by atoms with Gasteiger partial charge in [0.1, 0.15) is 29.7 Å². The zero-order valence-corrected chi connectivity index (χ0v) is 23.0. The molecule has 3 aromatic carbocycles. The predicted molar refractivity (Wildman–Crippen MR) is 155 cm³/mol. The van der Waals surface area contributed by atoms with Crippen LogP contribution in [0.15, 0.2) is 83.7 Å². The average Bonchev–Trinajstić information content (AvgIpc) is 2.96. The molecule has 0 aliphatic heterocycles. The number of aliphatic hydroxyl groups is 1. The van der Waals surface area contributed by atoms with Gasteiger partial charge < -0.3 is 25.4 Å². The summed E-state index contributed by atoms with van der Waals surface area (Å²) in [6, 6.07) is 22.7. The van der Waals surface area contributed by atoms with Crippen LogP contribution in [0.2, 0.25) is 0 Å². The molecular formula is C31H34N4O6. The zero-order valence-electron chi connectivity index (χ0n) is 23.0. The second kappa shape index (κ2) is 13.6. The quantitative estimate of drug-likeness (QED) is 0.183. The molecule has 41 heavy (non-hydrogen) atoms. The van der Waals surface area contributed by atoms with Gasteiger partial charge in [0.25, 0.3) is 11.5 Å². The topological polar surface area (TPSA) is 149 Å². The summed E-state index contributed by atoms with van der Waals surface area (Å²) in [5, 5.41) is 23.9. The second-order valence-corrected chi connectivity index (χ2v) is 9.70. The van der Waals surface area contributed by atoms with Crippen LogP contribution in [0.3, 0.4) is 0 Å². The summed E-state index contributed by atoms with van der Waals surface area (Å²) in [6.45, 7) is 2.36. The molecule has 0 bridgehead atoms. The third kappa shape index (κ3) is 8.17. The van der Waals surface area contributed by atoms with Crippen LogP contribution < -0.4 is 26.1 Å². The fourth-order valence-electron chi connectivity index (χ4n) is 4.21. The number of carbonyl (C=O) groups is 1. The summed E-state index contributed by atoms with van der Waals surface area (Å²) in [6.07, 6.45) is -0.501. The molecule has 5 N–H and O–H groups in total. The Morgan fingerprint density at radius 3 is 2.44 bits per heavy atom. The lowest BCUT2D eigenvalue weighted by Gasteiger charge is -2.22. The first-order valence-electron chi connectivity index (χ1n) is 13.2. The molecule has 0 saturated carbocycles. The van der Waals surface area contributed by atoms with Gasteiger partial charge in [-0.05, 0) is 61.4 Å². The van der Waals surface area contributed by atoms with E-state index in [0.29, 0.717) is 42.4 Å². The summed E-state index contributed by atoms with van der Waals surface area (Å²) in [4.78, 5) is 28.2. The Morgan fingerprint density at radius 2 is 1.73 bits per heavy atom. The Balaban J connectivity index is 1.35. The minimum atomic E-state index is -0.778. The highest BCUT2D eigenvalue weighted by atomic mass is 16.5. The summed E-state index contributed by atoms with van der Waals surface area (Å²) >= 11 is 0. The molecule has 2 atom stereocenters. The van der Waals surface area contributed by atoms with Gasteiger partial charge in [-0.2, -0.15) is 0 Å². The number of hydrogen-bond acceptors (Lipinski definition) is 8.